The second-order valence-electron chi connectivity index (χ2n) is 7.36. The van der Waals surface area contributed by atoms with Crippen LogP contribution in [0.5, 0.6) is 17.2 Å². The van der Waals surface area contributed by atoms with Crippen LogP contribution in [0.15, 0.2) is 12.1 Å². The van der Waals surface area contributed by atoms with Crippen LogP contribution in [0.4, 0.5) is 0 Å². The summed E-state index contributed by atoms with van der Waals surface area (Å²) in [7, 11) is 0. The summed E-state index contributed by atoms with van der Waals surface area (Å²) in [4.78, 5) is 24.6. The minimum Gasteiger partial charge on any atom is -0.504 e. The molecule has 1 aromatic rings. The molecule has 2 aliphatic heterocycles. The van der Waals surface area contributed by atoms with Crippen LogP contribution in [0.2, 0.25) is 0 Å². The Kier molecular flexibility index (Phi) is 4.03. The number of rotatable bonds is 2. The molecule has 2 heterocycles. The Hall–Kier alpha value is -2.74. The fourth-order valence-corrected chi connectivity index (χ4v) is 3.70. The Morgan fingerprint density at radius 2 is 2.11 bits per heavy atom. The number of nitrogens with one attached hydrogen (secondary N) is 1. The van der Waals surface area contributed by atoms with Crippen LogP contribution in [0.25, 0.3) is 5.57 Å². The first-order valence-electron chi connectivity index (χ1n) is 8.86. The molecule has 8 nitrogen and oxygen atoms in total. The number of carbonyl (C=O) groups is 2. The van der Waals surface area contributed by atoms with Gasteiger partial charge in [-0.05, 0) is 23.3 Å². The Bertz CT molecular complexity index is 860. The third-order valence-corrected chi connectivity index (χ3v) is 5.27. The van der Waals surface area contributed by atoms with E-state index in [9.17, 15) is 19.8 Å². The van der Waals surface area contributed by atoms with Gasteiger partial charge in [0.05, 0.1) is 23.6 Å². The van der Waals surface area contributed by atoms with Crippen molar-refractivity contribution < 1.29 is 34.0 Å². The molecule has 1 aliphatic carbocycles. The lowest BCUT2D eigenvalue weighted by Crippen LogP contribution is -2.53. The van der Waals surface area contributed by atoms with Crippen molar-refractivity contribution in [2.45, 2.75) is 39.0 Å². The number of aliphatic hydroxyl groups is 1. The predicted octanol–water partition coefficient (Wildman–Crippen LogP) is 1.19. The summed E-state index contributed by atoms with van der Waals surface area (Å²) >= 11 is 0. The van der Waals surface area contributed by atoms with Crippen LogP contribution in [0.3, 0.4) is 0 Å². The highest BCUT2D eigenvalue weighted by atomic mass is 16.7. The van der Waals surface area contributed by atoms with Crippen molar-refractivity contribution in [3.63, 3.8) is 0 Å². The minimum absolute atomic E-state index is 0.0420. The van der Waals surface area contributed by atoms with Gasteiger partial charge in [-0.3, -0.25) is 9.59 Å². The van der Waals surface area contributed by atoms with Gasteiger partial charge in [-0.15, -0.1) is 0 Å². The lowest BCUT2D eigenvalue weighted by molar-refractivity contribution is -0.157. The Labute approximate surface area is 155 Å². The Balaban J connectivity index is 1.83. The monoisotopic (exact) mass is 375 g/mol. The molecule has 0 saturated carbocycles. The minimum atomic E-state index is -0.967. The normalized spacial score (nSPS) is 28.2. The van der Waals surface area contributed by atoms with E-state index in [0.717, 1.165) is 0 Å². The van der Waals surface area contributed by atoms with Crippen molar-refractivity contribution in [2.75, 3.05) is 6.79 Å². The zero-order valence-electron chi connectivity index (χ0n) is 15.2. The molecule has 1 amide bonds. The number of fused-ring (bicyclic) bond motifs is 4. The standard InChI is InChI=1S/C19H21NO7/c1-7(2)19(24)27-11-5-10-9-4-12-17(26-6-25-12)16(22)13(9)18(23)20-14(10)8(3)15(11)21/h4-5,7-8,11,14-15,21-22H,6H2,1-3H3,(H,20,23)/t8-,11-,14?,15-/m0/s1. The molecule has 8 heteroatoms. The van der Waals surface area contributed by atoms with Crippen molar-refractivity contribution in [1.82, 2.24) is 5.32 Å². The van der Waals surface area contributed by atoms with Crippen molar-refractivity contribution in [1.29, 1.82) is 0 Å². The van der Waals surface area contributed by atoms with Gasteiger partial charge in [-0.1, -0.05) is 20.8 Å². The predicted molar refractivity (Wildman–Crippen MR) is 93.3 cm³/mol. The van der Waals surface area contributed by atoms with E-state index in [1.165, 1.54) is 0 Å². The zero-order chi connectivity index (χ0) is 19.5. The summed E-state index contributed by atoms with van der Waals surface area (Å²) in [6.45, 7) is 5.16. The van der Waals surface area contributed by atoms with E-state index in [-0.39, 0.29) is 29.8 Å². The molecule has 144 valence electrons. The van der Waals surface area contributed by atoms with E-state index >= 15 is 0 Å². The van der Waals surface area contributed by atoms with E-state index in [2.05, 4.69) is 5.32 Å². The number of hydrogen-bond donors (Lipinski definition) is 3. The van der Waals surface area contributed by atoms with Gasteiger partial charge in [0.25, 0.3) is 5.91 Å². The highest BCUT2D eigenvalue weighted by molar-refractivity contribution is 6.07. The van der Waals surface area contributed by atoms with Crippen LogP contribution < -0.4 is 14.8 Å². The number of phenolic OH excluding ortho intramolecular Hbond substituents is 1. The maximum Gasteiger partial charge on any atom is 0.309 e. The average Bonchev–Trinajstić information content (AvgIpc) is 3.09. The lowest BCUT2D eigenvalue weighted by atomic mass is 9.75. The molecule has 0 spiro atoms. The average molecular weight is 375 g/mol. The maximum atomic E-state index is 12.6. The summed E-state index contributed by atoms with van der Waals surface area (Å²) in [5.74, 6) is -1.43. The van der Waals surface area contributed by atoms with Crippen LogP contribution in [0, 0.1) is 11.8 Å². The number of aliphatic hydroxyl groups excluding tert-OH is 1. The summed E-state index contributed by atoms with van der Waals surface area (Å²) in [6.07, 6.45) is -0.183. The second-order valence-corrected chi connectivity index (χ2v) is 7.36. The Morgan fingerprint density at radius 1 is 1.37 bits per heavy atom. The van der Waals surface area contributed by atoms with Crippen LogP contribution in [0.1, 0.15) is 36.7 Å². The van der Waals surface area contributed by atoms with Gasteiger partial charge in [0.2, 0.25) is 12.5 Å². The van der Waals surface area contributed by atoms with Crippen molar-refractivity contribution in [3.8, 4) is 17.2 Å². The maximum absolute atomic E-state index is 12.6. The molecule has 4 atom stereocenters. The molecular formula is C19H21NO7. The van der Waals surface area contributed by atoms with E-state index in [0.29, 0.717) is 16.9 Å². The summed E-state index contributed by atoms with van der Waals surface area (Å²) in [5, 5.41) is 23.9. The number of hydrogen-bond acceptors (Lipinski definition) is 7. The summed E-state index contributed by atoms with van der Waals surface area (Å²) in [6, 6.07) is 1.16. The molecule has 0 saturated heterocycles. The summed E-state index contributed by atoms with van der Waals surface area (Å²) in [5.41, 5.74) is 1.23. The van der Waals surface area contributed by atoms with Crippen molar-refractivity contribution >= 4 is 17.4 Å². The molecular weight excluding hydrogens is 354 g/mol. The van der Waals surface area contributed by atoms with Crippen molar-refractivity contribution in [2.24, 2.45) is 11.8 Å². The topological polar surface area (TPSA) is 114 Å². The van der Waals surface area contributed by atoms with Gasteiger partial charge in [-0.25, -0.2) is 0 Å². The second kappa shape index (κ2) is 6.16. The van der Waals surface area contributed by atoms with Crippen LogP contribution in [-0.2, 0) is 9.53 Å². The SMILES string of the molecule is CC(C)C(=O)O[C@H]1C=C2c3cc4c(c(O)c3C(=O)NC2[C@H](C)[C@@H]1O)OCO4. The van der Waals surface area contributed by atoms with Crippen molar-refractivity contribution in [3.05, 3.63) is 23.3 Å². The fourth-order valence-electron chi connectivity index (χ4n) is 3.70. The van der Waals surface area contributed by atoms with Gasteiger partial charge < -0.3 is 29.7 Å². The van der Waals surface area contributed by atoms with Gasteiger partial charge in [0.1, 0.15) is 6.10 Å². The van der Waals surface area contributed by atoms with Gasteiger partial charge in [-0.2, -0.15) is 0 Å². The number of ether oxygens (including phenoxy) is 3. The molecule has 0 aromatic heterocycles. The molecule has 0 radical (unpaired) electrons. The number of amides is 1. The number of carbonyl (C=O) groups excluding carboxylic acids is 2. The Morgan fingerprint density at radius 3 is 2.81 bits per heavy atom. The first kappa shape index (κ1) is 17.7. The molecule has 0 bridgehead atoms. The van der Waals surface area contributed by atoms with E-state index in [1.807, 2.05) is 0 Å². The highest BCUT2D eigenvalue weighted by Crippen LogP contribution is 2.49. The quantitative estimate of drug-likeness (QED) is 0.665. The highest BCUT2D eigenvalue weighted by Gasteiger charge is 2.45. The molecule has 3 aliphatic rings. The van der Waals surface area contributed by atoms with Gasteiger partial charge in [0.15, 0.2) is 11.5 Å². The number of esters is 1. The third-order valence-electron chi connectivity index (χ3n) is 5.27. The molecule has 1 unspecified atom stereocenters. The third kappa shape index (κ3) is 2.63. The molecule has 3 N–H and O–H groups in total. The molecule has 0 fully saturated rings. The van der Waals surface area contributed by atoms with E-state index in [4.69, 9.17) is 14.2 Å². The van der Waals surface area contributed by atoms with E-state index in [1.54, 1.807) is 32.9 Å². The van der Waals surface area contributed by atoms with Crippen LogP contribution in [-0.4, -0.2) is 47.1 Å². The van der Waals surface area contributed by atoms with Gasteiger partial charge >= 0.3 is 5.97 Å². The molecule has 4 rings (SSSR count). The van der Waals surface area contributed by atoms with Crippen LogP contribution >= 0.6 is 0 Å². The zero-order valence-corrected chi connectivity index (χ0v) is 15.2. The van der Waals surface area contributed by atoms with Gasteiger partial charge in [0, 0.05) is 5.92 Å². The lowest BCUT2D eigenvalue weighted by Gasteiger charge is -2.41. The number of aromatic hydroxyl groups is 1. The largest absolute Gasteiger partial charge is 0.504 e. The molecule has 1 aromatic carbocycles. The summed E-state index contributed by atoms with van der Waals surface area (Å²) < 4.78 is 16.0. The number of benzene rings is 1. The van der Waals surface area contributed by atoms with E-state index < -0.39 is 36.0 Å². The smallest absolute Gasteiger partial charge is 0.309 e. The molecule has 27 heavy (non-hydrogen) atoms. The first-order chi connectivity index (χ1) is 12.8. The fraction of sp³-hybridized carbons (Fsp3) is 0.474. The first-order valence-corrected chi connectivity index (χ1v) is 8.86. The number of phenols is 1.